The Morgan fingerprint density at radius 2 is 1.58 bits per heavy atom. The molecule has 0 bridgehead atoms. The van der Waals surface area contributed by atoms with Gasteiger partial charge in [0.25, 0.3) is 0 Å². The topological polar surface area (TPSA) is 35.5 Å². The summed E-state index contributed by atoms with van der Waals surface area (Å²) in [4.78, 5) is 12.7. The quantitative estimate of drug-likeness (QED) is 0.658. The average Bonchev–Trinajstić information content (AvgIpc) is 3.08. The molecule has 0 spiro atoms. The molecule has 0 fully saturated rings. The van der Waals surface area contributed by atoms with E-state index in [1.54, 1.807) is 0 Å². The number of esters is 1. The van der Waals surface area contributed by atoms with Gasteiger partial charge in [-0.1, -0.05) is 72.8 Å². The van der Waals surface area contributed by atoms with Gasteiger partial charge in [-0.3, -0.25) is 4.79 Å². The smallest absolute Gasteiger partial charge is 0.320 e. The van der Waals surface area contributed by atoms with Crippen molar-refractivity contribution in [2.45, 2.75) is 11.8 Å². The zero-order valence-corrected chi connectivity index (χ0v) is 14.6. The molecule has 0 amide bonds. The van der Waals surface area contributed by atoms with Crippen LogP contribution in [0.4, 0.5) is 0 Å². The minimum Gasteiger partial charge on any atom is -0.492 e. The number of methoxy groups -OCH3 is 1. The van der Waals surface area contributed by atoms with Crippen LogP contribution in [0.25, 0.3) is 11.1 Å². The molecule has 3 aromatic carbocycles. The van der Waals surface area contributed by atoms with E-state index in [1.807, 2.05) is 42.5 Å². The Kier molecular flexibility index (Phi) is 4.21. The van der Waals surface area contributed by atoms with Gasteiger partial charge in [0, 0.05) is 5.56 Å². The van der Waals surface area contributed by atoms with E-state index in [1.165, 1.54) is 12.7 Å². The predicted molar refractivity (Wildman–Crippen MR) is 101 cm³/mol. The van der Waals surface area contributed by atoms with Gasteiger partial charge in [0.05, 0.1) is 7.11 Å². The predicted octanol–water partition coefficient (Wildman–Crippen LogP) is 4.40. The normalized spacial score (nSPS) is 18.0. The Labute approximate surface area is 153 Å². The molecular formula is C23H20O3. The molecule has 1 heterocycles. The van der Waals surface area contributed by atoms with Crippen LogP contribution in [-0.2, 0) is 21.4 Å². The highest BCUT2D eigenvalue weighted by molar-refractivity contribution is 5.86. The van der Waals surface area contributed by atoms with Gasteiger partial charge < -0.3 is 9.47 Å². The first-order valence-electron chi connectivity index (χ1n) is 8.68. The van der Waals surface area contributed by atoms with Crippen molar-refractivity contribution in [1.82, 2.24) is 0 Å². The highest BCUT2D eigenvalue weighted by Crippen LogP contribution is 2.42. The highest BCUT2D eigenvalue weighted by Gasteiger charge is 2.48. The Morgan fingerprint density at radius 1 is 0.923 bits per heavy atom. The number of carbonyl (C=O) groups is 1. The van der Waals surface area contributed by atoms with Gasteiger partial charge in [-0.15, -0.1) is 0 Å². The maximum atomic E-state index is 12.7. The van der Waals surface area contributed by atoms with Crippen molar-refractivity contribution in [3.8, 4) is 16.9 Å². The van der Waals surface area contributed by atoms with Gasteiger partial charge in [0.2, 0.25) is 0 Å². The number of para-hydroxylation sites is 1. The van der Waals surface area contributed by atoms with Gasteiger partial charge in [-0.2, -0.15) is 0 Å². The van der Waals surface area contributed by atoms with Crippen molar-refractivity contribution in [1.29, 1.82) is 0 Å². The second kappa shape index (κ2) is 6.68. The Hall–Kier alpha value is -3.07. The average molecular weight is 344 g/mol. The number of ether oxygens (including phenoxy) is 2. The first kappa shape index (κ1) is 16.4. The molecular weight excluding hydrogens is 324 g/mol. The summed E-state index contributed by atoms with van der Waals surface area (Å²) >= 11 is 0. The van der Waals surface area contributed by atoms with Gasteiger partial charge in [0.1, 0.15) is 17.8 Å². The molecule has 0 radical (unpaired) electrons. The van der Waals surface area contributed by atoms with Crippen LogP contribution in [0.3, 0.4) is 0 Å². The summed E-state index contributed by atoms with van der Waals surface area (Å²) in [5.41, 5.74) is 3.52. The summed E-state index contributed by atoms with van der Waals surface area (Å²) in [6.45, 7) is 0.305. The van der Waals surface area contributed by atoms with Crippen LogP contribution < -0.4 is 4.74 Å². The van der Waals surface area contributed by atoms with Crippen LogP contribution in [-0.4, -0.2) is 19.7 Å². The van der Waals surface area contributed by atoms with Crippen LogP contribution in [0.2, 0.25) is 0 Å². The van der Waals surface area contributed by atoms with Crippen molar-refractivity contribution in [3.05, 3.63) is 90.0 Å². The molecule has 4 rings (SSSR count). The van der Waals surface area contributed by atoms with E-state index in [0.717, 1.165) is 22.4 Å². The molecule has 130 valence electrons. The largest absolute Gasteiger partial charge is 0.492 e. The van der Waals surface area contributed by atoms with E-state index in [0.29, 0.717) is 13.0 Å². The van der Waals surface area contributed by atoms with Crippen molar-refractivity contribution in [2.24, 2.45) is 0 Å². The molecule has 3 nitrogen and oxygen atoms in total. The molecule has 26 heavy (non-hydrogen) atoms. The second-order valence-corrected chi connectivity index (χ2v) is 6.60. The van der Waals surface area contributed by atoms with Crippen LogP contribution >= 0.6 is 0 Å². The molecule has 0 aliphatic carbocycles. The number of rotatable bonds is 4. The summed E-state index contributed by atoms with van der Waals surface area (Å²) in [5, 5.41) is 0. The highest BCUT2D eigenvalue weighted by atomic mass is 16.5. The summed E-state index contributed by atoms with van der Waals surface area (Å²) in [5.74, 6) is 0.508. The minimum atomic E-state index is -0.792. The molecule has 1 aliphatic heterocycles. The number of hydrogen-bond donors (Lipinski definition) is 0. The second-order valence-electron chi connectivity index (χ2n) is 6.60. The summed E-state index contributed by atoms with van der Waals surface area (Å²) in [7, 11) is 1.43. The Morgan fingerprint density at radius 3 is 2.31 bits per heavy atom. The van der Waals surface area contributed by atoms with Crippen LogP contribution in [0, 0.1) is 0 Å². The van der Waals surface area contributed by atoms with E-state index < -0.39 is 5.41 Å². The molecule has 0 saturated carbocycles. The molecule has 1 atom stereocenters. The molecule has 1 unspecified atom stereocenters. The molecule has 0 aromatic heterocycles. The van der Waals surface area contributed by atoms with Crippen LogP contribution in [0.15, 0.2) is 78.9 Å². The van der Waals surface area contributed by atoms with Crippen molar-refractivity contribution < 1.29 is 14.3 Å². The lowest BCUT2D eigenvalue weighted by atomic mass is 9.77. The van der Waals surface area contributed by atoms with E-state index in [9.17, 15) is 4.79 Å². The van der Waals surface area contributed by atoms with E-state index >= 15 is 0 Å². The maximum Gasteiger partial charge on any atom is 0.320 e. The number of fused-ring (bicyclic) bond motifs is 1. The van der Waals surface area contributed by atoms with Gasteiger partial charge in [-0.05, 0) is 29.2 Å². The molecule has 1 aliphatic rings. The van der Waals surface area contributed by atoms with Crippen molar-refractivity contribution >= 4 is 5.97 Å². The van der Waals surface area contributed by atoms with Gasteiger partial charge in [-0.25, -0.2) is 0 Å². The summed E-state index contributed by atoms with van der Waals surface area (Å²) in [6, 6.07) is 26.3. The Balaban J connectivity index is 1.67. The fourth-order valence-electron chi connectivity index (χ4n) is 3.64. The fourth-order valence-corrected chi connectivity index (χ4v) is 3.64. The third-order valence-corrected chi connectivity index (χ3v) is 5.02. The standard InChI is InChI=1S/C23H20O3/c1-25-22(24)23(16-26-21-10-6-5-9-20(21)23)15-17-11-13-19(14-12-17)18-7-3-2-4-8-18/h2-14H,15-16H2,1H3. The zero-order valence-electron chi connectivity index (χ0n) is 14.6. The van der Waals surface area contributed by atoms with E-state index in [-0.39, 0.29) is 5.97 Å². The van der Waals surface area contributed by atoms with E-state index in [4.69, 9.17) is 9.47 Å². The first-order valence-corrected chi connectivity index (χ1v) is 8.68. The molecule has 0 N–H and O–H groups in total. The SMILES string of the molecule is COC(=O)C1(Cc2ccc(-c3ccccc3)cc2)COc2ccccc21. The summed E-state index contributed by atoms with van der Waals surface area (Å²) in [6.07, 6.45) is 0.547. The van der Waals surface area contributed by atoms with Crippen molar-refractivity contribution in [3.63, 3.8) is 0 Å². The first-order chi connectivity index (χ1) is 12.7. The molecule has 0 saturated heterocycles. The maximum absolute atomic E-state index is 12.7. The number of benzene rings is 3. The van der Waals surface area contributed by atoms with Crippen LogP contribution in [0.1, 0.15) is 11.1 Å². The van der Waals surface area contributed by atoms with E-state index in [2.05, 4.69) is 36.4 Å². The van der Waals surface area contributed by atoms with Gasteiger partial charge in [0.15, 0.2) is 0 Å². The van der Waals surface area contributed by atoms with Crippen LogP contribution in [0.5, 0.6) is 5.75 Å². The molecule has 3 heteroatoms. The third kappa shape index (κ3) is 2.76. The molecule has 3 aromatic rings. The Bertz CT molecular complexity index is 916. The number of hydrogen-bond acceptors (Lipinski definition) is 3. The lowest BCUT2D eigenvalue weighted by molar-refractivity contribution is -0.148. The zero-order chi connectivity index (χ0) is 18.0. The fraction of sp³-hybridized carbons (Fsp3) is 0.174. The minimum absolute atomic E-state index is 0.255. The number of carbonyl (C=O) groups excluding carboxylic acids is 1. The van der Waals surface area contributed by atoms with Crippen molar-refractivity contribution in [2.75, 3.05) is 13.7 Å². The van der Waals surface area contributed by atoms with Gasteiger partial charge >= 0.3 is 5.97 Å². The lowest BCUT2D eigenvalue weighted by Crippen LogP contribution is -2.40. The third-order valence-electron chi connectivity index (χ3n) is 5.02. The summed E-state index contributed by atoms with van der Waals surface area (Å²) < 4.78 is 10.9. The lowest BCUT2D eigenvalue weighted by Gasteiger charge is -2.25. The monoisotopic (exact) mass is 344 g/mol.